The van der Waals surface area contributed by atoms with Crippen LogP contribution in [0.5, 0.6) is 0 Å². The second kappa shape index (κ2) is 34.3. The molecule has 29 heteroatoms. The van der Waals surface area contributed by atoms with Crippen molar-refractivity contribution in [2.24, 2.45) is 10.3 Å². The van der Waals surface area contributed by atoms with E-state index in [0.29, 0.717) is 0 Å². The maximum absolute atomic E-state index is 12.5. The lowest BCUT2D eigenvalue weighted by molar-refractivity contribution is -0.149. The Labute approximate surface area is 359 Å². The van der Waals surface area contributed by atoms with Crippen LogP contribution in [-0.2, 0) is 52.7 Å². The molecule has 0 aromatic rings. The molecule has 0 aromatic heterocycles. The van der Waals surface area contributed by atoms with E-state index in [0.717, 1.165) is 12.4 Å². The molecular weight excluding hydrogens is 858 g/mol. The van der Waals surface area contributed by atoms with Crippen LogP contribution in [0.1, 0.15) is 12.8 Å². The zero-order chi connectivity index (χ0) is 47.7. The van der Waals surface area contributed by atoms with Crippen LogP contribution in [-0.4, -0.2) is 273 Å². The maximum atomic E-state index is 12.5. The highest BCUT2D eigenvalue weighted by molar-refractivity contribution is 5.79. The number of aliphatic hydroxyl groups excluding tert-OH is 8. The minimum absolute atomic E-state index is 0.107. The Morgan fingerprint density at radius 2 is 0.841 bits per heavy atom. The molecule has 0 fully saturated rings. The first-order chi connectivity index (χ1) is 29.8. The highest BCUT2D eigenvalue weighted by Crippen LogP contribution is 2.04. The van der Waals surface area contributed by atoms with E-state index in [1.54, 1.807) is 0 Å². The molecule has 0 aromatic carbocycles. The summed E-state index contributed by atoms with van der Waals surface area (Å²) in [6, 6.07) is 0. The normalized spacial score (nSPS) is 14.5. The lowest BCUT2D eigenvalue weighted by Crippen LogP contribution is -2.47. The van der Waals surface area contributed by atoms with Gasteiger partial charge in [-0.25, -0.2) is 9.59 Å². The number of carbonyl (C=O) groups excluding carboxylic acids is 4. The largest absolute Gasteiger partial charge is 0.480 e. The molecule has 63 heavy (non-hydrogen) atoms. The van der Waals surface area contributed by atoms with E-state index < -0.39 is 137 Å². The van der Waals surface area contributed by atoms with E-state index in [1.807, 2.05) is 0 Å². The number of nitrogens with zero attached hydrogens (tertiary/aromatic N) is 5. The molecule has 0 saturated carbocycles. The van der Waals surface area contributed by atoms with Gasteiger partial charge in [0, 0.05) is 51.4 Å². The fraction of sp³-hybridized carbons (Fsp3) is 0.735. The quantitative estimate of drug-likeness (QED) is 0.0118. The molecule has 29 nitrogen and oxygen atoms in total. The molecule has 0 aliphatic rings. The van der Waals surface area contributed by atoms with E-state index in [9.17, 15) is 79.5 Å². The van der Waals surface area contributed by atoms with Gasteiger partial charge in [-0.2, -0.15) is 0 Å². The smallest absolute Gasteiger partial charge is 0.347 e. The predicted octanol–water partition coefficient (Wildman–Crippen LogP) is -8.60. The first kappa shape index (κ1) is 57.8. The van der Waals surface area contributed by atoms with Crippen molar-refractivity contribution in [1.82, 2.24) is 25.3 Å². The SMILES string of the molecule is O=C(O)CN(CCN(CC(=O)O)CC(=O)NCCOC(=O)CO/N=C/C[C@H](O)[C@@H](O)[C@H](O)CO)CCN(CC(=O)O)CC(=O)NCCOC(=O)CO/N=C/C[C@H](O)[C@@H](O)[C@H](O)CO. The lowest BCUT2D eigenvalue weighted by atomic mass is 10.1. The summed E-state index contributed by atoms with van der Waals surface area (Å²) in [7, 11) is 0. The molecule has 0 radical (unpaired) electrons. The molecule has 0 aliphatic carbocycles. The highest BCUT2D eigenvalue weighted by atomic mass is 16.7. The molecule has 0 heterocycles. The van der Waals surface area contributed by atoms with Crippen molar-refractivity contribution in [3.05, 3.63) is 0 Å². The average Bonchev–Trinajstić information content (AvgIpc) is 3.22. The van der Waals surface area contributed by atoms with Crippen molar-refractivity contribution < 1.29 is 109 Å². The summed E-state index contributed by atoms with van der Waals surface area (Å²) in [5.41, 5.74) is 0. The summed E-state index contributed by atoms with van der Waals surface area (Å²) in [5, 5.41) is 114. The summed E-state index contributed by atoms with van der Waals surface area (Å²) in [6.45, 7) is -7.16. The molecule has 0 saturated heterocycles. The number of amides is 2. The summed E-state index contributed by atoms with van der Waals surface area (Å²) < 4.78 is 9.73. The number of hydrogen-bond donors (Lipinski definition) is 13. The second-order valence-corrected chi connectivity index (χ2v) is 13.2. The van der Waals surface area contributed by atoms with Gasteiger partial charge in [0.25, 0.3) is 0 Å². The van der Waals surface area contributed by atoms with E-state index in [4.69, 9.17) is 19.7 Å². The van der Waals surface area contributed by atoms with Crippen LogP contribution in [0, 0.1) is 0 Å². The number of carboxylic acid groups (broad SMARTS) is 3. The van der Waals surface area contributed by atoms with Crippen LogP contribution in [0.15, 0.2) is 10.3 Å². The Morgan fingerprint density at radius 1 is 0.508 bits per heavy atom. The molecule has 6 atom stereocenters. The number of nitrogens with one attached hydrogen (secondary N) is 2. The number of carbonyl (C=O) groups is 7. The number of hydrogen-bond acceptors (Lipinski definition) is 24. The fourth-order valence-corrected chi connectivity index (χ4v) is 4.74. The van der Waals surface area contributed by atoms with Gasteiger partial charge >= 0.3 is 29.8 Å². The van der Waals surface area contributed by atoms with Gasteiger partial charge in [-0.05, 0) is 0 Å². The van der Waals surface area contributed by atoms with Gasteiger partial charge < -0.3 is 86.0 Å². The van der Waals surface area contributed by atoms with E-state index in [-0.39, 0.29) is 65.3 Å². The number of oxime groups is 2. The van der Waals surface area contributed by atoms with Crippen LogP contribution < -0.4 is 10.6 Å². The standard InChI is InChI=1S/C34H59N7O22/c42-18-24(46)33(58)22(44)1-3-37-62-20-31(56)60-11-5-35-26(48)13-40(16-29(52)53)9-7-39(15-28(50)51)8-10-41(17-30(54)55)14-27(49)36-6-12-61-32(57)21-63-38-4-2-23(45)34(59)25(47)19-43/h3-4,22-25,33-34,42-47,58-59H,1-2,5-21H2,(H,35,48)(H,36,49)(H,50,51)(H,52,53)(H,54,55)/b37-3+,38-4+/t22-,23-,24+,25+,33+,34+/m0/s1. The molecule has 0 rings (SSSR count). The van der Waals surface area contributed by atoms with Crippen molar-refractivity contribution in [2.45, 2.75) is 49.5 Å². The summed E-state index contributed by atoms with van der Waals surface area (Å²) in [4.78, 5) is 96.3. The van der Waals surface area contributed by atoms with Gasteiger partial charge in [0.2, 0.25) is 25.0 Å². The number of carboxylic acids is 3. The summed E-state index contributed by atoms with van der Waals surface area (Å²) >= 11 is 0. The van der Waals surface area contributed by atoms with Crippen molar-refractivity contribution in [2.75, 3.05) is 112 Å². The number of rotatable bonds is 38. The molecule has 362 valence electrons. The van der Waals surface area contributed by atoms with Crippen molar-refractivity contribution in [3.8, 4) is 0 Å². The van der Waals surface area contributed by atoms with Crippen LogP contribution in [0.25, 0.3) is 0 Å². The second-order valence-electron chi connectivity index (χ2n) is 13.2. The maximum Gasteiger partial charge on any atom is 0.347 e. The molecule has 0 unspecified atom stereocenters. The first-order valence-corrected chi connectivity index (χ1v) is 19.0. The Bertz CT molecular complexity index is 1350. The molecular formula is C34H59N7O22. The van der Waals surface area contributed by atoms with Gasteiger partial charge in [0.1, 0.15) is 37.6 Å². The lowest BCUT2D eigenvalue weighted by Gasteiger charge is -2.28. The van der Waals surface area contributed by atoms with Crippen molar-refractivity contribution in [3.63, 3.8) is 0 Å². The minimum Gasteiger partial charge on any atom is -0.480 e. The van der Waals surface area contributed by atoms with Gasteiger partial charge in [-0.1, -0.05) is 10.3 Å². The van der Waals surface area contributed by atoms with Gasteiger partial charge in [-0.15, -0.1) is 0 Å². The minimum atomic E-state index is -1.64. The Hall–Kier alpha value is -5.21. The van der Waals surface area contributed by atoms with Gasteiger partial charge in [0.15, 0.2) is 0 Å². The third kappa shape index (κ3) is 30.5. The summed E-state index contributed by atoms with van der Waals surface area (Å²) in [6.07, 6.45) is -7.93. The van der Waals surface area contributed by atoms with Crippen LogP contribution in [0.2, 0.25) is 0 Å². The van der Waals surface area contributed by atoms with E-state index >= 15 is 0 Å². The summed E-state index contributed by atoms with van der Waals surface area (Å²) in [5.74, 6) is -7.03. The number of ether oxygens (including phenoxy) is 2. The zero-order valence-corrected chi connectivity index (χ0v) is 34.2. The Morgan fingerprint density at radius 3 is 1.17 bits per heavy atom. The Balaban J connectivity index is 4.83. The van der Waals surface area contributed by atoms with Crippen molar-refractivity contribution in [1.29, 1.82) is 0 Å². The predicted molar refractivity (Wildman–Crippen MR) is 208 cm³/mol. The molecule has 2 amide bonds. The molecule has 13 N–H and O–H groups in total. The molecule has 0 aliphatic heterocycles. The monoisotopic (exact) mass is 917 g/mol. The van der Waals surface area contributed by atoms with Crippen LogP contribution >= 0.6 is 0 Å². The van der Waals surface area contributed by atoms with E-state index in [2.05, 4.69) is 30.6 Å². The topological polar surface area (TPSA) is 437 Å². The number of aliphatic carboxylic acids is 3. The fourth-order valence-electron chi connectivity index (χ4n) is 4.74. The molecule has 0 spiro atoms. The Kier molecular flexibility index (Phi) is 31.5. The van der Waals surface area contributed by atoms with Gasteiger partial charge in [-0.3, -0.25) is 38.7 Å². The zero-order valence-electron chi connectivity index (χ0n) is 34.2. The third-order valence-corrected chi connectivity index (χ3v) is 7.96. The number of esters is 2. The van der Waals surface area contributed by atoms with E-state index in [1.165, 1.54) is 14.7 Å². The van der Waals surface area contributed by atoms with Crippen LogP contribution in [0.4, 0.5) is 0 Å². The highest BCUT2D eigenvalue weighted by Gasteiger charge is 2.25. The number of aliphatic hydroxyl groups is 8. The molecule has 0 bridgehead atoms. The first-order valence-electron chi connectivity index (χ1n) is 19.0. The van der Waals surface area contributed by atoms with Gasteiger partial charge in [0.05, 0.1) is 71.2 Å². The van der Waals surface area contributed by atoms with Crippen molar-refractivity contribution >= 4 is 54.1 Å². The van der Waals surface area contributed by atoms with Crippen LogP contribution in [0.3, 0.4) is 0 Å². The third-order valence-electron chi connectivity index (χ3n) is 7.96. The average molecular weight is 918 g/mol.